The summed E-state index contributed by atoms with van der Waals surface area (Å²) in [7, 11) is 0. The van der Waals surface area contributed by atoms with Crippen molar-refractivity contribution in [3.63, 3.8) is 0 Å². The summed E-state index contributed by atoms with van der Waals surface area (Å²) >= 11 is 5.19. The Kier molecular flexibility index (Phi) is 9.77. The van der Waals surface area contributed by atoms with Gasteiger partial charge in [0, 0.05) is 12.6 Å². The van der Waals surface area contributed by atoms with Gasteiger partial charge in [-0.3, -0.25) is 23.9 Å². The molecule has 0 bridgehead atoms. The maximum absolute atomic E-state index is 12.7. The zero-order valence-corrected chi connectivity index (χ0v) is 21.2. The average Bonchev–Trinajstić information content (AvgIpc) is 2.75. The average molecular weight is 473 g/mol. The molecule has 0 saturated heterocycles. The molecule has 1 aromatic carbocycles. The van der Waals surface area contributed by atoms with Gasteiger partial charge in [-0.15, -0.1) is 0 Å². The second kappa shape index (κ2) is 12.1. The van der Waals surface area contributed by atoms with Crippen LogP contribution in [0.15, 0.2) is 41.3 Å². The summed E-state index contributed by atoms with van der Waals surface area (Å²) in [5.41, 5.74) is 0.325. The van der Waals surface area contributed by atoms with Gasteiger partial charge in [0.2, 0.25) is 5.91 Å². The first-order chi connectivity index (χ1) is 15.6. The van der Waals surface area contributed by atoms with E-state index < -0.39 is 5.41 Å². The molecule has 0 radical (unpaired) electrons. The molecule has 7 heteroatoms. The monoisotopic (exact) mass is 472 g/mol. The van der Waals surface area contributed by atoms with E-state index in [9.17, 15) is 14.4 Å². The largest absolute Gasteiger partial charge is 0.465 e. The Morgan fingerprint density at radius 1 is 1.09 bits per heavy atom. The number of hydrogen-bond acceptors (Lipinski definition) is 5. The van der Waals surface area contributed by atoms with E-state index in [2.05, 4.69) is 32.7 Å². The van der Waals surface area contributed by atoms with Crippen molar-refractivity contribution in [3.05, 3.63) is 51.7 Å². The minimum atomic E-state index is -0.485. The molecule has 1 atom stereocenters. The van der Waals surface area contributed by atoms with Crippen LogP contribution in [-0.2, 0) is 9.53 Å². The van der Waals surface area contributed by atoms with Crippen LogP contribution in [0.5, 0.6) is 0 Å². The fourth-order valence-electron chi connectivity index (χ4n) is 3.89. The van der Waals surface area contributed by atoms with Crippen molar-refractivity contribution in [2.75, 3.05) is 6.61 Å². The third-order valence-electron chi connectivity index (χ3n) is 6.14. The van der Waals surface area contributed by atoms with E-state index in [4.69, 9.17) is 17.0 Å². The lowest BCUT2D eigenvalue weighted by Gasteiger charge is -2.32. The first-order valence-electron chi connectivity index (χ1n) is 11.7. The zero-order chi connectivity index (χ0) is 24.6. The van der Waals surface area contributed by atoms with Crippen LogP contribution in [0.1, 0.15) is 71.5 Å². The summed E-state index contributed by atoms with van der Waals surface area (Å²) in [6, 6.07) is 9.16. The number of carbonyl (C=O) groups excluding carboxylic acids is 2. The van der Waals surface area contributed by atoms with Crippen LogP contribution in [0.3, 0.4) is 0 Å². The SMILES string of the molecule is CC(C)CC(C)(C(=O)OCCCCCC(=O)n1cc(-c2ccccc2)c(=O)[nH]c1=S)C(C)C. The van der Waals surface area contributed by atoms with Crippen LogP contribution in [0.2, 0.25) is 0 Å². The van der Waals surface area contributed by atoms with Gasteiger partial charge in [-0.1, -0.05) is 58.0 Å². The molecule has 33 heavy (non-hydrogen) atoms. The smallest absolute Gasteiger partial charge is 0.312 e. The Labute approximate surface area is 201 Å². The number of carbonyl (C=O) groups is 2. The Hall–Kier alpha value is -2.54. The van der Waals surface area contributed by atoms with E-state index in [0.717, 1.165) is 18.4 Å². The predicted molar refractivity (Wildman–Crippen MR) is 134 cm³/mol. The Morgan fingerprint density at radius 3 is 2.36 bits per heavy atom. The van der Waals surface area contributed by atoms with Gasteiger partial charge in [-0.25, -0.2) is 0 Å². The van der Waals surface area contributed by atoms with Crippen molar-refractivity contribution >= 4 is 24.1 Å². The Balaban J connectivity index is 1.87. The van der Waals surface area contributed by atoms with Gasteiger partial charge in [0.05, 0.1) is 17.6 Å². The number of nitrogens with one attached hydrogen (secondary N) is 1. The number of benzene rings is 1. The predicted octanol–water partition coefficient (Wildman–Crippen LogP) is 6.03. The van der Waals surface area contributed by atoms with E-state index >= 15 is 0 Å². The molecule has 1 unspecified atom stereocenters. The second-order valence-electron chi connectivity index (χ2n) is 9.55. The van der Waals surface area contributed by atoms with Crippen LogP contribution in [0.25, 0.3) is 11.1 Å². The van der Waals surface area contributed by atoms with E-state index in [1.807, 2.05) is 37.3 Å². The number of unbranched alkanes of at least 4 members (excludes halogenated alkanes) is 2. The number of esters is 1. The lowest BCUT2D eigenvalue weighted by molar-refractivity contribution is -0.159. The normalized spacial score (nSPS) is 13.2. The molecule has 180 valence electrons. The van der Waals surface area contributed by atoms with E-state index in [1.165, 1.54) is 10.8 Å². The highest BCUT2D eigenvalue weighted by atomic mass is 32.1. The van der Waals surface area contributed by atoms with Crippen LogP contribution < -0.4 is 5.56 Å². The Morgan fingerprint density at radius 2 is 1.76 bits per heavy atom. The van der Waals surface area contributed by atoms with Gasteiger partial charge in [-0.05, 0) is 62.2 Å². The fraction of sp³-hybridized carbons (Fsp3) is 0.538. The maximum Gasteiger partial charge on any atom is 0.312 e. The number of rotatable bonds is 11. The standard InChI is InChI=1S/C26H36N2O4S/c1-18(2)16-26(5,19(3)4)24(31)32-15-11-7-10-14-22(29)28-17-21(23(30)27-25(28)33)20-12-8-6-9-13-20/h6,8-9,12-13,17-19H,7,10-11,14-16H2,1-5H3,(H,27,30,33). The summed E-state index contributed by atoms with van der Waals surface area (Å²) < 4.78 is 7.00. The minimum absolute atomic E-state index is 0.0942. The molecule has 1 aromatic heterocycles. The van der Waals surface area contributed by atoms with Gasteiger partial charge in [-0.2, -0.15) is 0 Å². The molecule has 0 fully saturated rings. The number of H-pyrrole nitrogens is 1. The zero-order valence-electron chi connectivity index (χ0n) is 20.3. The van der Waals surface area contributed by atoms with Crippen LogP contribution in [0.4, 0.5) is 0 Å². The molecule has 1 heterocycles. The van der Waals surface area contributed by atoms with Crippen molar-refractivity contribution < 1.29 is 14.3 Å². The molecule has 0 aliphatic heterocycles. The first-order valence-corrected chi connectivity index (χ1v) is 12.1. The summed E-state index contributed by atoms with van der Waals surface area (Å²) in [5.74, 6) is 0.302. The van der Waals surface area contributed by atoms with Crippen molar-refractivity contribution in [1.29, 1.82) is 0 Å². The summed E-state index contributed by atoms with van der Waals surface area (Å²) in [4.78, 5) is 40.2. The minimum Gasteiger partial charge on any atom is -0.465 e. The lowest BCUT2D eigenvalue weighted by Crippen LogP contribution is -2.36. The molecular weight excluding hydrogens is 436 g/mol. The van der Waals surface area contributed by atoms with Gasteiger partial charge in [0.25, 0.3) is 5.56 Å². The number of nitrogens with zero attached hydrogens (tertiary/aromatic N) is 1. The van der Waals surface area contributed by atoms with Crippen molar-refractivity contribution in [3.8, 4) is 11.1 Å². The summed E-state index contributed by atoms with van der Waals surface area (Å²) in [5, 5.41) is 0. The number of aromatic nitrogens is 2. The number of ether oxygens (including phenoxy) is 1. The molecule has 0 aliphatic rings. The highest BCUT2D eigenvalue weighted by molar-refractivity contribution is 7.71. The third-order valence-corrected chi connectivity index (χ3v) is 6.44. The van der Waals surface area contributed by atoms with E-state index in [1.54, 1.807) is 0 Å². The highest BCUT2D eigenvalue weighted by Crippen LogP contribution is 2.35. The molecule has 1 N–H and O–H groups in total. The second-order valence-corrected chi connectivity index (χ2v) is 9.94. The van der Waals surface area contributed by atoms with Crippen molar-refractivity contribution in [2.24, 2.45) is 17.3 Å². The molecule has 2 aromatic rings. The van der Waals surface area contributed by atoms with Crippen LogP contribution in [-0.4, -0.2) is 28.0 Å². The molecule has 0 amide bonds. The van der Waals surface area contributed by atoms with Crippen molar-refractivity contribution in [1.82, 2.24) is 9.55 Å². The Bertz CT molecular complexity index is 1060. The molecular formula is C26H36N2O4S. The summed E-state index contributed by atoms with van der Waals surface area (Å²) in [6.07, 6.45) is 4.70. The van der Waals surface area contributed by atoms with Gasteiger partial charge in [0.15, 0.2) is 4.77 Å². The molecule has 0 aliphatic carbocycles. The topological polar surface area (TPSA) is 81.2 Å². The first kappa shape index (κ1) is 26.7. The summed E-state index contributed by atoms with van der Waals surface area (Å²) in [6.45, 7) is 10.7. The number of aromatic amines is 1. The van der Waals surface area contributed by atoms with E-state index in [-0.39, 0.29) is 28.1 Å². The maximum atomic E-state index is 12.7. The van der Waals surface area contributed by atoms with Crippen molar-refractivity contribution in [2.45, 2.75) is 66.7 Å². The number of hydrogen-bond donors (Lipinski definition) is 1. The van der Waals surface area contributed by atoms with Gasteiger partial charge >= 0.3 is 5.97 Å². The third kappa shape index (κ3) is 7.22. The molecule has 0 saturated carbocycles. The molecule has 0 spiro atoms. The van der Waals surface area contributed by atoms with Gasteiger partial charge in [0.1, 0.15) is 0 Å². The van der Waals surface area contributed by atoms with E-state index in [0.29, 0.717) is 37.4 Å². The highest BCUT2D eigenvalue weighted by Gasteiger charge is 2.38. The molecule has 2 rings (SSSR count). The van der Waals surface area contributed by atoms with Crippen LogP contribution in [0, 0.1) is 22.0 Å². The van der Waals surface area contributed by atoms with Crippen LogP contribution >= 0.6 is 12.2 Å². The lowest BCUT2D eigenvalue weighted by atomic mass is 9.73. The fourth-order valence-corrected chi connectivity index (χ4v) is 4.13. The molecule has 6 nitrogen and oxygen atoms in total. The quantitative estimate of drug-likeness (QED) is 0.245. The van der Waals surface area contributed by atoms with Gasteiger partial charge < -0.3 is 4.74 Å².